The van der Waals surface area contributed by atoms with Gasteiger partial charge < -0.3 is 0 Å². The van der Waals surface area contributed by atoms with E-state index in [1.54, 1.807) is 0 Å². The standard InChI is InChI=1S/C22H27Br/c1-5-7-8-9-10-13-19-15-21(17-22(23)16-19)20(6-2)14-11-12-18(3)4/h5,7-18H,6H2,1-4H3/b7-5-,9-8-,12-11-,13-10+,20-14+. The van der Waals surface area contributed by atoms with Crippen LogP contribution in [0, 0.1) is 5.92 Å². The van der Waals surface area contributed by atoms with Crippen molar-refractivity contribution in [3.05, 3.63) is 82.4 Å². The predicted octanol–water partition coefficient (Wildman–Crippen LogP) is 7.60. The predicted molar refractivity (Wildman–Crippen MR) is 109 cm³/mol. The lowest BCUT2D eigenvalue weighted by Gasteiger charge is -2.07. The maximum atomic E-state index is 3.63. The van der Waals surface area contributed by atoms with Crippen LogP contribution in [-0.2, 0) is 0 Å². The van der Waals surface area contributed by atoms with Crippen molar-refractivity contribution in [2.45, 2.75) is 34.1 Å². The van der Waals surface area contributed by atoms with Gasteiger partial charge in [0, 0.05) is 4.47 Å². The fourth-order valence-corrected chi connectivity index (χ4v) is 2.62. The number of hydrogen-bond donors (Lipinski definition) is 0. The second-order valence-corrected chi connectivity index (χ2v) is 6.63. The Labute approximate surface area is 150 Å². The van der Waals surface area contributed by atoms with Crippen LogP contribution >= 0.6 is 15.9 Å². The van der Waals surface area contributed by atoms with Crippen LogP contribution in [0.2, 0.25) is 0 Å². The molecule has 0 nitrogen and oxygen atoms in total. The van der Waals surface area contributed by atoms with E-state index in [4.69, 9.17) is 0 Å². The second kappa shape index (κ2) is 11.0. The van der Waals surface area contributed by atoms with Gasteiger partial charge >= 0.3 is 0 Å². The van der Waals surface area contributed by atoms with Crippen LogP contribution in [0.15, 0.2) is 71.3 Å². The Morgan fingerprint density at radius 2 is 1.78 bits per heavy atom. The molecule has 122 valence electrons. The van der Waals surface area contributed by atoms with Gasteiger partial charge in [-0.1, -0.05) is 91.4 Å². The molecule has 1 aromatic carbocycles. The first kappa shape index (κ1) is 19.4. The summed E-state index contributed by atoms with van der Waals surface area (Å²) in [6.07, 6.45) is 19.9. The summed E-state index contributed by atoms with van der Waals surface area (Å²) in [6, 6.07) is 6.57. The van der Waals surface area contributed by atoms with Crippen LogP contribution in [0.25, 0.3) is 11.6 Å². The summed E-state index contributed by atoms with van der Waals surface area (Å²) in [4.78, 5) is 0. The van der Waals surface area contributed by atoms with Crippen molar-refractivity contribution in [3.63, 3.8) is 0 Å². The van der Waals surface area contributed by atoms with Crippen LogP contribution in [0.3, 0.4) is 0 Å². The summed E-state index contributed by atoms with van der Waals surface area (Å²) in [5, 5.41) is 0. The first-order chi connectivity index (χ1) is 11.1. The molecule has 0 aromatic heterocycles. The number of rotatable bonds is 7. The van der Waals surface area contributed by atoms with E-state index in [0.717, 1.165) is 10.9 Å². The SMILES string of the molecule is C\C=C/C=C\C=C\c1cc(Br)cc(/C(=C/C=C\C(C)C)CC)c1. The minimum absolute atomic E-state index is 0.578. The molecule has 23 heavy (non-hydrogen) atoms. The lowest BCUT2D eigenvalue weighted by Crippen LogP contribution is -1.86. The van der Waals surface area contributed by atoms with E-state index in [2.05, 4.69) is 85.3 Å². The zero-order valence-electron chi connectivity index (χ0n) is 14.6. The molecule has 1 rings (SSSR count). The molecule has 0 unspecified atom stereocenters. The van der Waals surface area contributed by atoms with Gasteiger partial charge in [0.1, 0.15) is 0 Å². The van der Waals surface area contributed by atoms with Gasteiger partial charge in [-0.15, -0.1) is 0 Å². The molecule has 0 aliphatic rings. The van der Waals surface area contributed by atoms with E-state index in [1.807, 2.05) is 31.2 Å². The number of halogens is 1. The van der Waals surface area contributed by atoms with Gasteiger partial charge in [0.15, 0.2) is 0 Å². The van der Waals surface area contributed by atoms with E-state index in [-0.39, 0.29) is 0 Å². The lowest BCUT2D eigenvalue weighted by molar-refractivity contribution is 0.832. The van der Waals surface area contributed by atoms with Crippen molar-refractivity contribution in [2.75, 3.05) is 0 Å². The fourth-order valence-electron chi connectivity index (χ4n) is 2.11. The maximum absolute atomic E-state index is 3.63. The Hall–Kier alpha value is -1.60. The van der Waals surface area contributed by atoms with Gasteiger partial charge in [-0.3, -0.25) is 0 Å². The third kappa shape index (κ3) is 7.99. The molecule has 0 aliphatic carbocycles. The summed E-state index contributed by atoms with van der Waals surface area (Å²) >= 11 is 3.63. The van der Waals surface area contributed by atoms with Crippen LogP contribution < -0.4 is 0 Å². The average molecular weight is 371 g/mol. The molecule has 0 radical (unpaired) electrons. The number of benzene rings is 1. The first-order valence-corrected chi connectivity index (χ1v) is 9.00. The lowest BCUT2D eigenvalue weighted by atomic mass is 10.00. The van der Waals surface area contributed by atoms with E-state index in [0.29, 0.717) is 5.92 Å². The molecule has 1 aromatic rings. The molecular weight excluding hydrogens is 344 g/mol. The quantitative estimate of drug-likeness (QED) is 0.433. The summed E-state index contributed by atoms with van der Waals surface area (Å²) in [7, 11) is 0. The van der Waals surface area contributed by atoms with E-state index < -0.39 is 0 Å². The van der Waals surface area contributed by atoms with Gasteiger partial charge in [0.2, 0.25) is 0 Å². The minimum atomic E-state index is 0.578. The van der Waals surface area contributed by atoms with Crippen molar-refractivity contribution in [3.8, 4) is 0 Å². The van der Waals surface area contributed by atoms with Crippen LogP contribution in [0.1, 0.15) is 45.2 Å². The smallest absolute Gasteiger partial charge is 0.0187 e. The topological polar surface area (TPSA) is 0 Å². The maximum Gasteiger partial charge on any atom is 0.0187 e. The van der Waals surface area contributed by atoms with E-state index >= 15 is 0 Å². The number of hydrogen-bond acceptors (Lipinski definition) is 0. The summed E-state index contributed by atoms with van der Waals surface area (Å²) in [5.74, 6) is 0.578. The van der Waals surface area contributed by atoms with Crippen molar-refractivity contribution in [1.29, 1.82) is 0 Å². The van der Waals surface area contributed by atoms with E-state index in [1.165, 1.54) is 16.7 Å². The molecule has 0 spiro atoms. The molecule has 0 fully saturated rings. The Balaban J connectivity index is 3.03. The largest absolute Gasteiger partial charge is 0.0877 e. The molecular formula is C22H27Br. The summed E-state index contributed by atoms with van der Waals surface area (Å²) in [5.41, 5.74) is 3.82. The first-order valence-electron chi connectivity index (χ1n) is 8.21. The van der Waals surface area contributed by atoms with Gasteiger partial charge in [-0.05, 0) is 54.2 Å². The molecule has 0 amide bonds. The zero-order valence-corrected chi connectivity index (χ0v) is 16.2. The van der Waals surface area contributed by atoms with Gasteiger partial charge in [0.05, 0.1) is 0 Å². The molecule has 0 atom stereocenters. The van der Waals surface area contributed by atoms with Crippen molar-refractivity contribution in [2.24, 2.45) is 5.92 Å². The third-order valence-electron chi connectivity index (χ3n) is 3.28. The van der Waals surface area contributed by atoms with Gasteiger partial charge in [-0.2, -0.15) is 0 Å². The van der Waals surface area contributed by atoms with Crippen LogP contribution in [0.5, 0.6) is 0 Å². The van der Waals surface area contributed by atoms with Crippen molar-refractivity contribution in [1.82, 2.24) is 0 Å². The Morgan fingerprint density at radius 3 is 2.43 bits per heavy atom. The minimum Gasteiger partial charge on any atom is -0.0877 e. The molecule has 0 saturated heterocycles. The third-order valence-corrected chi connectivity index (χ3v) is 3.74. The highest BCUT2D eigenvalue weighted by atomic mass is 79.9. The Morgan fingerprint density at radius 1 is 1.04 bits per heavy atom. The Kier molecular flexibility index (Phi) is 9.31. The Bertz CT molecular complexity index is 625. The number of allylic oxidation sites excluding steroid dienone is 9. The average Bonchev–Trinajstić information content (AvgIpc) is 2.50. The molecule has 0 aliphatic heterocycles. The highest BCUT2D eigenvalue weighted by Crippen LogP contribution is 2.25. The van der Waals surface area contributed by atoms with Gasteiger partial charge in [-0.25, -0.2) is 0 Å². The summed E-state index contributed by atoms with van der Waals surface area (Å²) in [6.45, 7) is 8.60. The van der Waals surface area contributed by atoms with Crippen LogP contribution in [-0.4, -0.2) is 0 Å². The highest BCUT2D eigenvalue weighted by molar-refractivity contribution is 9.10. The zero-order chi connectivity index (χ0) is 17.1. The normalized spacial score (nSPS) is 13.6. The molecule has 0 saturated carbocycles. The van der Waals surface area contributed by atoms with Crippen molar-refractivity contribution < 1.29 is 0 Å². The van der Waals surface area contributed by atoms with Crippen molar-refractivity contribution >= 4 is 27.6 Å². The summed E-state index contributed by atoms with van der Waals surface area (Å²) < 4.78 is 1.11. The molecule has 0 bridgehead atoms. The molecule has 1 heteroatoms. The molecule has 0 N–H and O–H groups in total. The van der Waals surface area contributed by atoms with Gasteiger partial charge in [0.25, 0.3) is 0 Å². The monoisotopic (exact) mass is 370 g/mol. The highest BCUT2D eigenvalue weighted by Gasteiger charge is 2.02. The van der Waals surface area contributed by atoms with E-state index in [9.17, 15) is 0 Å². The fraction of sp³-hybridized carbons (Fsp3) is 0.273. The second-order valence-electron chi connectivity index (χ2n) is 5.72. The molecule has 0 heterocycles. The van der Waals surface area contributed by atoms with Crippen LogP contribution in [0.4, 0.5) is 0 Å².